The van der Waals surface area contributed by atoms with Gasteiger partial charge >= 0.3 is 0 Å². The van der Waals surface area contributed by atoms with Gasteiger partial charge in [-0.15, -0.1) is 0 Å². The molecule has 2 N–H and O–H groups in total. The highest BCUT2D eigenvalue weighted by molar-refractivity contribution is 6.35. The molecule has 0 aliphatic heterocycles. The molecular weight excluding hydrogens is 271 g/mol. The molecule has 18 heavy (non-hydrogen) atoms. The van der Waals surface area contributed by atoms with Crippen LogP contribution in [0.4, 0.5) is 5.82 Å². The molecule has 0 saturated heterocycles. The van der Waals surface area contributed by atoms with E-state index < -0.39 is 0 Å². The highest BCUT2D eigenvalue weighted by atomic mass is 35.5. The number of nitrogens with two attached hydrogens (primary N) is 1. The third kappa shape index (κ3) is 2.89. The van der Waals surface area contributed by atoms with Gasteiger partial charge in [-0.05, 0) is 12.5 Å². The maximum atomic E-state index is 6.08. The van der Waals surface area contributed by atoms with E-state index >= 15 is 0 Å². The molecule has 0 fully saturated rings. The summed E-state index contributed by atoms with van der Waals surface area (Å²) in [5.41, 5.74) is 7.13. The number of pyridine rings is 1. The van der Waals surface area contributed by atoms with Crippen molar-refractivity contribution in [2.24, 2.45) is 0 Å². The fourth-order valence-corrected chi connectivity index (χ4v) is 2.05. The van der Waals surface area contributed by atoms with E-state index in [0.29, 0.717) is 27.4 Å². The number of rotatable bonds is 3. The SMILES string of the molecule is CCCc1cc(N)nc(-c2ncc(Cl)cc2Cl)n1. The van der Waals surface area contributed by atoms with Crippen molar-refractivity contribution in [3.05, 3.63) is 34.1 Å². The quantitative estimate of drug-likeness (QED) is 0.937. The summed E-state index contributed by atoms with van der Waals surface area (Å²) in [6.07, 6.45) is 3.33. The molecule has 0 amide bonds. The van der Waals surface area contributed by atoms with E-state index in [-0.39, 0.29) is 0 Å². The maximum Gasteiger partial charge on any atom is 0.181 e. The van der Waals surface area contributed by atoms with E-state index in [1.54, 1.807) is 12.1 Å². The average molecular weight is 283 g/mol. The monoisotopic (exact) mass is 282 g/mol. The minimum absolute atomic E-state index is 0.413. The predicted molar refractivity (Wildman–Crippen MR) is 73.7 cm³/mol. The van der Waals surface area contributed by atoms with Gasteiger partial charge in [-0.2, -0.15) is 0 Å². The summed E-state index contributed by atoms with van der Waals surface area (Å²) in [6.45, 7) is 2.07. The van der Waals surface area contributed by atoms with E-state index in [1.165, 1.54) is 6.20 Å². The summed E-state index contributed by atoms with van der Waals surface area (Å²) < 4.78 is 0. The summed E-state index contributed by atoms with van der Waals surface area (Å²) in [5, 5.41) is 0.886. The number of aryl methyl sites for hydroxylation is 1. The number of hydrogen-bond donors (Lipinski definition) is 1. The highest BCUT2D eigenvalue weighted by Crippen LogP contribution is 2.26. The molecule has 0 aliphatic rings. The molecular formula is C12H12Cl2N4. The van der Waals surface area contributed by atoms with Crippen LogP contribution in [0, 0.1) is 0 Å². The van der Waals surface area contributed by atoms with Crippen LogP contribution in [0.25, 0.3) is 11.5 Å². The van der Waals surface area contributed by atoms with E-state index in [9.17, 15) is 0 Å². The average Bonchev–Trinajstić information content (AvgIpc) is 2.28. The van der Waals surface area contributed by atoms with Crippen LogP contribution in [0.1, 0.15) is 19.0 Å². The number of nitrogens with zero attached hydrogens (tertiary/aromatic N) is 3. The smallest absolute Gasteiger partial charge is 0.181 e. The lowest BCUT2D eigenvalue weighted by molar-refractivity contribution is 0.875. The van der Waals surface area contributed by atoms with E-state index in [0.717, 1.165) is 18.5 Å². The molecule has 6 heteroatoms. The summed E-state index contributed by atoms with van der Waals surface area (Å²) in [6, 6.07) is 3.37. The third-order valence-electron chi connectivity index (χ3n) is 2.32. The summed E-state index contributed by atoms with van der Waals surface area (Å²) in [7, 11) is 0. The van der Waals surface area contributed by atoms with Crippen LogP contribution < -0.4 is 5.73 Å². The molecule has 0 aromatic carbocycles. The van der Waals surface area contributed by atoms with Crippen molar-refractivity contribution in [3.8, 4) is 11.5 Å². The van der Waals surface area contributed by atoms with Gasteiger partial charge < -0.3 is 5.73 Å². The van der Waals surface area contributed by atoms with Crippen molar-refractivity contribution in [1.29, 1.82) is 0 Å². The number of hydrogen-bond acceptors (Lipinski definition) is 4. The van der Waals surface area contributed by atoms with Crippen LogP contribution in [-0.4, -0.2) is 15.0 Å². The van der Waals surface area contributed by atoms with Crippen molar-refractivity contribution in [3.63, 3.8) is 0 Å². The van der Waals surface area contributed by atoms with Crippen LogP contribution in [-0.2, 0) is 6.42 Å². The van der Waals surface area contributed by atoms with E-state index in [2.05, 4.69) is 21.9 Å². The minimum Gasteiger partial charge on any atom is -0.384 e. The van der Waals surface area contributed by atoms with Crippen molar-refractivity contribution >= 4 is 29.0 Å². The van der Waals surface area contributed by atoms with Gasteiger partial charge in [0.25, 0.3) is 0 Å². The van der Waals surface area contributed by atoms with Crippen molar-refractivity contribution in [2.45, 2.75) is 19.8 Å². The standard InChI is InChI=1S/C12H12Cl2N4/c1-2-3-8-5-10(15)18-12(17-8)11-9(14)4-7(13)6-16-11/h4-6H,2-3H2,1H3,(H2,15,17,18). The summed E-state index contributed by atoms with van der Waals surface area (Å²) in [4.78, 5) is 12.7. The molecule has 2 aromatic heterocycles. The van der Waals surface area contributed by atoms with Gasteiger partial charge in [0, 0.05) is 18.0 Å². The zero-order valence-corrected chi connectivity index (χ0v) is 11.3. The molecule has 0 atom stereocenters. The first kappa shape index (κ1) is 13.1. The van der Waals surface area contributed by atoms with Crippen molar-refractivity contribution in [1.82, 2.24) is 15.0 Å². The Balaban J connectivity index is 2.49. The summed E-state index contributed by atoms with van der Waals surface area (Å²) >= 11 is 11.9. The van der Waals surface area contributed by atoms with Gasteiger partial charge in [0.15, 0.2) is 5.82 Å². The summed E-state index contributed by atoms with van der Waals surface area (Å²) in [5.74, 6) is 0.844. The van der Waals surface area contributed by atoms with Crippen LogP contribution in [0.5, 0.6) is 0 Å². The fraction of sp³-hybridized carbons (Fsp3) is 0.250. The minimum atomic E-state index is 0.413. The van der Waals surface area contributed by atoms with Gasteiger partial charge in [0.1, 0.15) is 11.5 Å². The molecule has 2 heterocycles. The van der Waals surface area contributed by atoms with E-state index in [4.69, 9.17) is 28.9 Å². The Morgan fingerprint density at radius 3 is 2.67 bits per heavy atom. The van der Waals surface area contributed by atoms with Crippen LogP contribution in [0.2, 0.25) is 10.0 Å². The molecule has 2 aromatic rings. The van der Waals surface area contributed by atoms with Gasteiger partial charge in [0.2, 0.25) is 0 Å². The lowest BCUT2D eigenvalue weighted by Crippen LogP contribution is -2.01. The Kier molecular flexibility index (Phi) is 3.99. The van der Waals surface area contributed by atoms with Crippen molar-refractivity contribution < 1.29 is 0 Å². The number of anilines is 1. The van der Waals surface area contributed by atoms with Gasteiger partial charge in [-0.25, -0.2) is 15.0 Å². The van der Waals surface area contributed by atoms with Crippen LogP contribution in [0.3, 0.4) is 0 Å². The molecule has 4 nitrogen and oxygen atoms in total. The first-order valence-electron chi connectivity index (χ1n) is 5.55. The zero-order chi connectivity index (χ0) is 13.1. The third-order valence-corrected chi connectivity index (χ3v) is 2.82. The Morgan fingerprint density at radius 1 is 1.22 bits per heavy atom. The Bertz CT molecular complexity index is 572. The number of nitrogen functional groups attached to an aromatic ring is 1. The molecule has 2 rings (SSSR count). The second kappa shape index (κ2) is 5.50. The predicted octanol–water partition coefficient (Wildman–Crippen LogP) is 3.38. The molecule has 0 unspecified atom stereocenters. The van der Waals surface area contributed by atoms with Crippen LogP contribution >= 0.6 is 23.2 Å². The van der Waals surface area contributed by atoms with E-state index in [1.807, 2.05) is 0 Å². The Morgan fingerprint density at radius 2 is 2.00 bits per heavy atom. The molecule has 0 saturated carbocycles. The molecule has 0 radical (unpaired) electrons. The first-order chi connectivity index (χ1) is 8.60. The van der Waals surface area contributed by atoms with Gasteiger partial charge in [-0.1, -0.05) is 36.5 Å². The largest absolute Gasteiger partial charge is 0.384 e. The normalized spacial score (nSPS) is 10.6. The zero-order valence-electron chi connectivity index (χ0n) is 9.82. The maximum absolute atomic E-state index is 6.08. The fourth-order valence-electron chi connectivity index (χ4n) is 1.59. The lowest BCUT2D eigenvalue weighted by Gasteiger charge is -2.06. The topological polar surface area (TPSA) is 64.7 Å². The molecule has 0 spiro atoms. The van der Waals surface area contributed by atoms with Gasteiger partial charge in [-0.3, -0.25) is 0 Å². The number of aromatic nitrogens is 3. The highest BCUT2D eigenvalue weighted by Gasteiger charge is 2.11. The first-order valence-corrected chi connectivity index (χ1v) is 6.30. The second-order valence-corrected chi connectivity index (χ2v) is 4.69. The van der Waals surface area contributed by atoms with Gasteiger partial charge in [0.05, 0.1) is 10.0 Å². The van der Waals surface area contributed by atoms with Crippen LogP contribution in [0.15, 0.2) is 18.3 Å². The second-order valence-electron chi connectivity index (χ2n) is 3.84. The molecule has 0 bridgehead atoms. The number of halogens is 2. The Hall–Kier alpha value is -1.39. The Labute approximate surface area is 115 Å². The molecule has 0 aliphatic carbocycles. The molecule has 94 valence electrons. The lowest BCUT2D eigenvalue weighted by atomic mass is 10.2. The van der Waals surface area contributed by atoms with Crippen molar-refractivity contribution in [2.75, 3.05) is 5.73 Å².